The van der Waals surface area contributed by atoms with E-state index in [0.29, 0.717) is 11.3 Å². The van der Waals surface area contributed by atoms with Gasteiger partial charge in [-0.3, -0.25) is 9.59 Å². The molecule has 0 radical (unpaired) electrons. The van der Waals surface area contributed by atoms with E-state index in [4.69, 9.17) is 5.11 Å². The molecule has 1 rings (SSSR count). The highest BCUT2D eigenvalue weighted by Gasteiger charge is 2.19. The summed E-state index contributed by atoms with van der Waals surface area (Å²) < 4.78 is 1.18. The van der Waals surface area contributed by atoms with E-state index in [0.717, 1.165) is 0 Å². The minimum Gasteiger partial charge on any atom is -0.477 e. The minimum atomic E-state index is -1.28. The fourth-order valence-electron chi connectivity index (χ4n) is 1.99. The standard InChI is InChI=1S/C14H20N2O4/c1-8-6-9(2)16(12(18)11(8)13(19)20)7-10(17)15-14(3,4)5/h6H,7H2,1-5H3,(H,15,17)(H,19,20). The predicted octanol–water partition coefficient (Wildman–Crippen LogP) is 1.08. The second-order valence-corrected chi connectivity index (χ2v) is 5.84. The summed E-state index contributed by atoms with van der Waals surface area (Å²) in [6.45, 7) is 8.54. The van der Waals surface area contributed by atoms with Crippen molar-refractivity contribution in [1.82, 2.24) is 9.88 Å². The zero-order chi connectivity index (χ0) is 15.7. The molecule has 0 aliphatic heterocycles. The monoisotopic (exact) mass is 280 g/mol. The van der Waals surface area contributed by atoms with Crippen molar-refractivity contribution in [1.29, 1.82) is 0 Å². The van der Waals surface area contributed by atoms with Crippen molar-refractivity contribution >= 4 is 11.9 Å². The van der Waals surface area contributed by atoms with Crippen molar-refractivity contribution in [3.63, 3.8) is 0 Å². The molecule has 6 nitrogen and oxygen atoms in total. The van der Waals surface area contributed by atoms with Crippen molar-refractivity contribution < 1.29 is 14.7 Å². The van der Waals surface area contributed by atoms with Crippen molar-refractivity contribution in [2.24, 2.45) is 0 Å². The average Bonchev–Trinajstić information content (AvgIpc) is 2.20. The summed E-state index contributed by atoms with van der Waals surface area (Å²) in [6, 6.07) is 1.59. The number of rotatable bonds is 3. The number of aromatic carboxylic acids is 1. The summed E-state index contributed by atoms with van der Waals surface area (Å²) in [5, 5.41) is 11.8. The Kier molecular flexibility index (Phi) is 4.37. The zero-order valence-corrected chi connectivity index (χ0v) is 12.4. The third kappa shape index (κ3) is 3.69. The number of carboxylic acids is 1. The summed E-state index contributed by atoms with van der Waals surface area (Å²) in [7, 11) is 0. The molecule has 6 heteroatoms. The first-order valence-electron chi connectivity index (χ1n) is 6.28. The van der Waals surface area contributed by atoms with E-state index in [9.17, 15) is 14.4 Å². The van der Waals surface area contributed by atoms with E-state index in [1.807, 2.05) is 20.8 Å². The van der Waals surface area contributed by atoms with Crippen LogP contribution in [-0.4, -0.2) is 27.1 Å². The molecular formula is C14H20N2O4. The van der Waals surface area contributed by atoms with Crippen molar-refractivity contribution in [2.75, 3.05) is 0 Å². The van der Waals surface area contributed by atoms with Gasteiger partial charge in [0.25, 0.3) is 5.56 Å². The first-order valence-corrected chi connectivity index (χ1v) is 6.28. The van der Waals surface area contributed by atoms with Crippen molar-refractivity contribution in [3.8, 4) is 0 Å². The molecule has 1 aromatic heterocycles. The number of nitrogens with one attached hydrogen (secondary N) is 1. The number of aromatic nitrogens is 1. The lowest BCUT2D eigenvalue weighted by Crippen LogP contribution is -2.44. The largest absolute Gasteiger partial charge is 0.477 e. The Hall–Kier alpha value is -2.11. The fourth-order valence-corrected chi connectivity index (χ4v) is 1.99. The van der Waals surface area contributed by atoms with Gasteiger partial charge in [0.05, 0.1) is 0 Å². The summed E-state index contributed by atoms with van der Waals surface area (Å²) in [5.41, 5.74) is -0.401. The maximum atomic E-state index is 12.2. The summed E-state index contributed by atoms with van der Waals surface area (Å²) in [6.07, 6.45) is 0. The first kappa shape index (κ1) is 15.9. The van der Waals surface area contributed by atoms with Crippen LogP contribution in [0.4, 0.5) is 0 Å². The van der Waals surface area contributed by atoms with Gasteiger partial charge in [0, 0.05) is 11.2 Å². The van der Waals surface area contributed by atoms with Gasteiger partial charge in [-0.1, -0.05) is 0 Å². The van der Waals surface area contributed by atoms with Gasteiger partial charge in [0.2, 0.25) is 5.91 Å². The molecule has 20 heavy (non-hydrogen) atoms. The Morgan fingerprint density at radius 3 is 2.30 bits per heavy atom. The van der Waals surface area contributed by atoms with Crippen LogP contribution >= 0.6 is 0 Å². The second-order valence-electron chi connectivity index (χ2n) is 5.84. The average molecular weight is 280 g/mol. The van der Waals surface area contributed by atoms with Crippen LogP contribution < -0.4 is 10.9 Å². The number of aryl methyl sites for hydroxylation is 2. The quantitative estimate of drug-likeness (QED) is 0.867. The topological polar surface area (TPSA) is 88.4 Å². The van der Waals surface area contributed by atoms with Crippen molar-refractivity contribution in [2.45, 2.75) is 46.7 Å². The number of hydrogen-bond acceptors (Lipinski definition) is 3. The van der Waals surface area contributed by atoms with Crippen LogP contribution in [0.2, 0.25) is 0 Å². The van der Waals surface area contributed by atoms with Crippen LogP contribution in [0.5, 0.6) is 0 Å². The zero-order valence-electron chi connectivity index (χ0n) is 12.4. The summed E-state index contributed by atoms with van der Waals surface area (Å²) in [5.74, 6) is -1.61. The van der Waals surface area contributed by atoms with Gasteiger partial charge in [0.15, 0.2) is 0 Å². The molecular weight excluding hydrogens is 260 g/mol. The lowest BCUT2D eigenvalue weighted by atomic mass is 10.1. The number of amides is 1. The van der Waals surface area contributed by atoms with Crippen LogP contribution in [0, 0.1) is 13.8 Å². The van der Waals surface area contributed by atoms with Crippen LogP contribution in [0.3, 0.4) is 0 Å². The highest BCUT2D eigenvalue weighted by atomic mass is 16.4. The van der Waals surface area contributed by atoms with Crippen LogP contribution in [0.25, 0.3) is 0 Å². The van der Waals surface area contributed by atoms with E-state index >= 15 is 0 Å². The molecule has 0 fully saturated rings. The predicted molar refractivity (Wildman–Crippen MR) is 75.0 cm³/mol. The van der Waals surface area contributed by atoms with Gasteiger partial charge in [-0.05, 0) is 46.2 Å². The number of carbonyl (C=O) groups is 2. The van der Waals surface area contributed by atoms with E-state index in [1.54, 1.807) is 19.9 Å². The highest BCUT2D eigenvalue weighted by molar-refractivity contribution is 5.89. The van der Waals surface area contributed by atoms with Crippen LogP contribution in [0.1, 0.15) is 42.4 Å². The van der Waals surface area contributed by atoms with E-state index in [-0.39, 0.29) is 18.0 Å². The van der Waals surface area contributed by atoms with Gasteiger partial charge in [-0.25, -0.2) is 4.79 Å². The Morgan fingerprint density at radius 2 is 1.85 bits per heavy atom. The smallest absolute Gasteiger partial charge is 0.341 e. The van der Waals surface area contributed by atoms with Gasteiger partial charge in [-0.15, -0.1) is 0 Å². The molecule has 1 aromatic rings. The minimum absolute atomic E-state index is 0.192. The van der Waals surface area contributed by atoms with Crippen LogP contribution in [-0.2, 0) is 11.3 Å². The van der Waals surface area contributed by atoms with Gasteiger partial charge in [-0.2, -0.15) is 0 Å². The van der Waals surface area contributed by atoms with Gasteiger partial charge >= 0.3 is 5.97 Å². The third-order valence-electron chi connectivity index (χ3n) is 2.73. The number of hydrogen-bond donors (Lipinski definition) is 2. The highest BCUT2D eigenvalue weighted by Crippen LogP contribution is 2.07. The summed E-state index contributed by atoms with van der Waals surface area (Å²) >= 11 is 0. The van der Waals surface area contributed by atoms with E-state index in [2.05, 4.69) is 5.32 Å². The lowest BCUT2D eigenvalue weighted by molar-refractivity contribution is -0.123. The fraction of sp³-hybridized carbons (Fsp3) is 0.500. The molecule has 2 N–H and O–H groups in total. The molecule has 1 amide bonds. The molecule has 0 aliphatic carbocycles. The van der Waals surface area contributed by atoms with E-state index < -0.39 is 17.1 Å². The molecule has 0 aliphatic rings. The van der Waals surface area contributed by atoms with Gasteiger partial charge in [0.1, 0.15) is 12.1 Å². The molecule has 0 atom stereocenters. The third-order valence-corrected chi connectivity index (χ3v) is 2.73. The number of nitrogens with zero attached hydrogens (tertiary/aromatic N) is 1. The molecule has 0 spiro atoms. The number of carboxylic acid groups (broad SMARTS) is 1. The molecule has 0 saturated heterocycles. The second kappa shape index (κ2) is 5.48. The number of pyridine rings is 1. The SMILES string of the molecule is Cc1cc(C)n(CC(=O)NC(C)(C)C)c(=O)c1C(=O)O. The molecule has 0 bridgehead atoms. The Labute approximate surface area is 117 Å². The normalized spacial score (nSPS) is 11.2. The van der Waals surface area contributed by atoms with Crippen molar-refractivity contribution in [3.05, 3.63) is 33.2 Å². The molecule has 1 heterocycles. The Bertz CT molecular complexity index is 609. The van der Waals surface area contributed by atoms with Crippen LogP contribution in [0.15, 0.2) is 10.9 Å². The molecule has 0 aromatic carbocycles. The van der Waals surface area contributed by atoms with E-state index in [1.165, 1.54) is 4.57 Å². The van der Waals surface area contributed by atoms with Gasteiger partial charge < -0.3 is 15.0 Å². The Balaban J connectivity index is 3.20. The maximum absolute atomic E-state index is 12.2. The summed E-state index contributed by atoms with van der Waals surface area (Å²) in [4.78, 5) is 35.1. The molecule has 110 valence electrons. The Morgan fingerprint density at radius 1 is 1.30 bits per heavy atom. The first-order chi connectivity index (χ1) is 9.03. The maximum Gasteiger partial charge on any atom is 0.341 e. The number of carbonyl (C=O) groups excluding carboxylic acids is 1. The molecule has 0 unspecified atom stereocenters. The lowest BCUT2D eigenvalue weighted by Gasteiger charge is -2.21. The molecule has 0 saturated carbocycles.